The number of halogens is 1. The molecule has 1 aromatic carbocycles. The molecule has 0 atom stereocenters. The van der Waals surface area contributed by atoms with Crippen LogP contribution in [0.15, 0.2) is 35.8 Å². The molecule has 0 bridgehead atoms. The van der Waals surface area contributed by atoms with Gasteiger partial charge in [0.1, 0.15) is 0 Å². The highest BCUT2D eigenvalue weighted by atomic mass is 35.5. The summed E-state index contributed by atoms with van der Waals surface area (Å²) in [4.78, 5) is 20.2. The summed E-state index contributed by atoms with van der Waals surface area (Å²) in [5.41, 5.74) is 1.10. The van der Waals surface area contributed by atoms with Crippen LogP contribution >= 0.6 is 22.9 Å². The van der Waals surface area contributed by atoms with E-state index in [1.165, 1.54) is 11.3 Å². The largest absolute Gasteiger partial charge is 0.368 e. The number of thiazole rings is 1. The minimum atomic E-state index is -0.0873. The standard InChI is InChI=1S/C14H15ClN4OS/c15-11-2-1-3-12(10-11)18-5-7-19(8-6-18)14(20)17-13-16-4-9-21-13/h1-4,9-10H,5-8H2,(H,16,17,20). The number of benzene rings is 1. The molecule has 0 radical (unpaired) electrons. The second kappa shape index (κ2) is 6.32. The highest BCUT2D eigenvalue weighted by Gasteiger charge is 2.21. The van der Waals surface area contributed by atoms with Crippen molar-refractivity contribution in [1.29, 1.82) is 0 Å². The fourth-order valence-electron chi connectivity index (χ4n) is 2.30. The second-order valence-electron chi connectivity index (χ2n) is 4.72. The quantitative estimate of drug-likeness (QED) is 0.924. The maximum absolute atomic E-state index is 12.1. The lowest BCUT2D eigenvalue weighted by atomic mass is 10.2. The zero-order valence-corrected chi connectivity index (χ0v) is 12.9. The molecule has 0 spiro atoms. The van der Waals surface area contributed by atoms with Gasteiger partial charge in [0.05, 0.1) is 0 Å². The van der Waals surface area contributed by atoms with E-state index in [9.17, 15) is 4.79 Å². The number of anilines is 2. The first-order valence-electron chi connectivity index (χ1n) is 6.68. The van der Waals surface area contributed by atoms with Crippen LogP contribution < -0.4 is 10.2 Å². The van der Waals surface area contributed by atoms with Crippen LogP contribution in [0.4, 0.5) is 15.6 Å². The predicted octanol–water partition coefficient (Wildman–Crippen LogP) is 3.15. The molecule has 7 heteroatoms. The normalized spacial score (nSPS) is 15.1. The Labute approximate surface area is 132 Å². The van der Waals surface area contributed by atoms with Gasteiger partial charge in [-0.05, 0) is 18.2 Å². The number of carbonyl (C=O) groups is 1. The van der Waals surface area contributed by atoms with E-state index in [1.807, 2.05) is 34.5 Å². The highest BCUT2D eigenvalue weighted by molar-refractivity contribution is 7.13. The Morgan fingerprint density at radius 3 is 2.76 bits per heavy atom. The van der Waals surface area contributed by atoms with Gasteiger partial charge in [0.25, 0.3) is 0 Å². The molecule has 2 amide bonds. The first-order valence-corrected chi connectivity index (χ1v) is 7.94. The van der Waals surface area contributed by atoms with E-state index in [4.69, 9.17) is 11.6 Å². The maximum Gasteiger partial charge on any atom is 0.323 e. The van der Waals surface area contributed by atoms with Gasteiger partial charge in [-0.25, -0.2) is 9.78 Å². The summed E-state index contributed by atoms with van der Waals surface area (Å²) >= 11 is 7.44. The van der Waals surface area contributed by atoms with Crippen LogP contribution in [0, 0.1) is 0 Å². The number of nitrogens with zero attached hydrogens (tertiary/aromatic N) is 3. The molecule has 1 saturated heterocycles. The molecule has 1 fully saturated rings. The number of aromatic nitrogens is 1. The lowest BCUT2D eigenvalue weighted by molar-refractivity contribution is 0.208. The van der Waals surface area contributed by atoms with Crippen molar-refractivity contribution in [2.45, 2.75) is 0 Å². The van der Waals surface area contributed by atoms with Gasteiger partial charge in [-0.3, -0.25) is 5.32 Å². The monoisotopic (exact) mass is 322 g/mol. The Balaban J connectivity index is 1.56. The van der Waals surface area contributed by atoms with E-state index in [0.29, 0.717) is 18.2 Å². The number of piperazine rings is 1. The van der Waals surface area contributed by atoms with E-state index in [0.717, 1.165) is 23.8 Å². The Morgan fingerprint density at radius 2 is 2.10 bits per heavy atom. The van der Waals surface area contributed by atoms with E-state index >= 15 is 0 Å². The molecule has 0 saturated carbocycles. The summed E-state index contributed by atoms with van der Waals surface area (Å²) in [6.45, 7) is 2.96. The molecule has 21 heavy (non-hydrogen) atoms. The number of nitrogens with one attached hydrogen (secondary N) is 1. The van der Waals surface area contributed by atoms with E-state index in [1.54, 1.807) is 6.20 Å². The van der Waals surface area contributed by atoms with Gasteiger partial charge in [-0.2, -0.15) is 0 Å². The van der Waals surface area contributed by atoms with Gasteiger partial charge in [-0.1, -0.05) is 17.7 Å². The zero-order valence-electron chi connectivity index (χ0n) is 11.3. The molecule has 1 aliphatic heterocycles. The molecular weight excluding hydrogens is 308 g/mol. The lowest BCUT2D eigenvalue weighted by Gasteiger charge is -2.35. The molecule has 0 aliphatic carbocycles. The van der Waals surface area contributed by atoms with E-state index in [-0.39, 0.29) is 6.03 Å². The number of amides is 2. The molecule has 110 valence electrons. The molecule has 1 aromatic heterocycles. The summed E-state index contributed by atoms with van der Waals surface area (Å²) in [6, 6.07) is 7.71. The van der Waals surface area contributed by atoms with Crippen molar-refractivity contribution in [2.75, 3.05) is 36.4 Å². The van der Waals surface area contributed by atoms with E-state index in [2.05, 4.69) is 15.2 Å². The number of hydrogen-bond acceptors (Lipinski definition) is 4. The summed E-state index contributed by atoms with van der Waals surface area (Å²) in [5.74, 6) is 0. The molecule has 2 aromatic rings. The van der Waals surface area contributed by atoms with Crippen molar-refractivity contribution >= 4 is 39.8 Å². The van der Waals surface area contributed by atoms with Crippen LogP contribution in [-0.2, 0) is 0 Å². The SMILES string of the molecule is O=C(Nc1nccs1)N1CCN(c2cccc(Cl)c2)CC1. The van der Waals surface area contributed by atoms with Gasteiger partial charge < -0.3 is 9.80 Å². The fourth-order valence-corrected chi connectivity index (χ4v) is 3.00. The van der Waals surface area contributed by atoms with Crippen LogP contribution in [0.25, 0.3) is 0 Å². The van der Waals surface area contributed by atoms with Gasteiger partial charge in [0.15, 0.2) is 5.13 Å². The Bertz CT molecular complexity index is 611. The third-order valence-corrected chi connectivity index (χ3v) is 4.31. The van der Waals surface area contributed by atoms with E-state index < -0.39 is 0 Å². The predicted molar refractivity (Wildman–Crippen MR) is 86.4 cm³/mol. The van der Waals surface area contributed by atoms with Crippen molar-refractivity contribution in [1.82, 2.24) is 9.88 Å². The molecule has 1 N–H and O–H groups in total. The summed E-state index contributed by atoms with van der Waals surface area (Å²) in [7, 11) is 0. The number of hydrogen-bond donors (Lipinski definition) is 1. The van der Waals surface area contributed by atoms with Crippen molar-refractivity contribution in [3.63, 3.8) is 0 Å². The molecule has 2 heterocycles. The average Bonchev–Trinajstić information content (AvgIpc) is 3.00. The first kappa shape index (κ1) is 14.2. The molecule has 5 nitrogen and oxygen atoms in total. The van der Waals surface area contributed by atoms with Crippen molar-refractivity contribution < 1.29 is 4.79 Å². The van der Waals surface area contributed by atoms with Crippen LogP contribution in [0.2, 0.25) is 5.02 Å². The number of carbonyl (C=O) groups excluding carboxylic acids is 1. The Kier molecular flexibility index (Phi) is 4.26. The van der Waals surface area contributed by atoms with Gasteiger partial charge >= 0.3 is 6.03 Å². The zero-order chi connectivity index (χ0) is 14.7. The van der Waals surface area contributed by atoms with Gasteiger partial charge in [0.2, 0.25) is 0 Å². The first-order chi connectivity index (χ1) is 10.2. The number of rotatable bonds is 2. The summed E-state index contributed by atoms with van der Waals surface area (Å²) < 4.78 is 0. The van der Waals surface area contributed by atoms with Gasteiger partial charge in [0, 0.05) is 48.5 Å². The molecular formula is C14H15ClN4OS. The Hall–Kier alpha value is -1.79. The van der Waals surface area contributed by atoms with Crippen molar-refractivity contribution in [3.8, 4) is 0 Å². The molecule has 1 aliphatic rings. The number of urea groups is 1. The fraction of sp³-hybridized carbons (Fsp3) is 0.286. The van der Waals surface area contributed by atoms with Crippen LogP contribution in [0.3, 0.4) is 0 Å². The third kappa shape index (κ3) is 3.46. The molecule has 3 rings (SSSR count). The van der Waals surface area contributed by atoms with Crippen LogP contribution in [-0.4, -0.2) is 42.1 Å². The van der Waals surface area contributed by atoms with Crippen molar-refractivity contribution in [3.05, 3.63) is 40.9 Å². The lowest BCUT2D eigenvalue weighted by Crippen LogP contribution is -2.50. The van der Waals surface area contributed by atoms with Crippen molar-refractivity contribution in [2.24, 2.45) is 0 Å². The average molecular weight is 323 g/mol. The topological polar surface area (TPSA) is 48.5 Å². The second-order valence-corrected chi connectivity index (χ2v) is 6.05. The molecule has 0 unspecified atom stereocenters. The summed E-state index contributed by atoms with van der Waals surface area (Å²) in [6.07, 6.45) is 1.68. The third-order valence-electron chi connectivity index (χ3n) is 3.39. The van der Waals surface area contributed by atoms with Crippen LogP contribution in [0.1, 0.15) is 0 Å². The minimum Gasteiger partial charge on any atom is -0.368 e. The summed E-state index contributed by atoms with van der Waals surface area (Å²) in [5, 5.41) is 6.02. The van der Waals surface area contributed by atoms with Crippen LogP contribution in [0.5, 0.6) is 0 Å². The smallest absolute Gasteiger partial charge is 0.323 e. The highest BCUT2D eigenvalue weighted by Crippen LogP contribution is 2.21. The minimum absolute atomic E-state index is 0.0873. The van der Waals surface area contributed by atoms with Gasteiger partial charge in [-0.15, -0.1) is 11.3 Å². The maximum atomic E-state index is 12.1. The Morgan fingerprint density at radius 1 is 1.29 bits per heavy atom.